The second kappa shape index (κ2) is 5.31. The van der Waals surface area contributed by atoms with Gasteiger partial charge in [0.15, 0.2) is 5.60 Å². The lowest BCUT2D eigenvalue weighted by atomic mass is 9.60. The summed E-state index contributed by atoms with van der Waals surface area (Å²) in [5.74, 6) is 0.319. The first-order valence-corrected chi connectivity index (χ1v) is 9.66. The van der Waals surface area contributed by atoms with Crippen molar-refractivity contribution in [2.75, 3.05) is 0 Å². The monoisotopic (exact) mass is 348 g/mol. The van der Waals surface area contributed by atoms with Crippen LogP contribution in [0.1, 0.15) is 28.7 Å². The summed E-state index contributed by atoms with van der Waals surface area (Å²) in [5.41, 5.74) is 5.78. The van der Waals surface area contributed by atoms with E-state index in [1.807, 2.05) is 0 Å². The third kappa shape index (κ3) is 1.78. The summed E-state index contributed by atoms with van der Waals surface area (Å²) in [7, 11) is 0. The normalized spacial score (nSPS) is 29.9. The van der Waals surface area contributed by atoms with Gasteiger partial charge in [-0.3, -0.25) is 0 Å². The molecule has 0 amide bonds. The maximum atomic E-state index is 6.95. The highest BCUT2D eigenvalue weighted by Gasteiger charge is 2.78. The fourth-order valence-electron chi connectivity index (χ4n) is 5.37. The maximum Gasteiger partial charge on any atom is 0.154 e. The average Bonchev–Trinajstić information content (AvgIpc) is 3.49. The molecule has 0 spiro atoms. The number of rotatable bonds is 2. The minimum atomic E-state index is -0.417. The summed E-state index contributed by atoms with van der Waals surface area (Å²) < 4.78 is 6.95. The lowest BCUT2D eigenvalue weighted by Gasteiger charge is -2.37. The molecule has 6 rings (SSSR count). The van der Waals surface area contributed by atoms with Crippen LogP contribution in [0, 0.1) is 5.92 Å². The zero-order valence-corrected chi connectivity index (χ0v) is 15.0. The van der Waals surface area contributed by atoms with Crippen molar-refractivity contribution in [3.05, 3.63) is 125 Å². The van der Waals surface area contributed by atoms with Crippen LogP contribution in [0.15, 0.2) is 103 Å². The van der Waals surface area contributed by atoms with Gasteiger partial charge in [-0.25, -0.2) is 0 Å². The minimum absolute atomic E-state index is 0.319. The van der Waals surface area contributed by atoms with E-state index in [1.165, 1.54) is 27.8 Å². The summed E-state index contributed by atoms with van der Waals surface area (Å²) in [6.45, 7) is 0. The van der Waals surface area contributed by atoms with Gasteiger partial charge in [-0.15, -0.1) is 0 Å². The number of ether oxygens (including phenoxy) is 1. The summed E-state index contributed by atoms with van der Waals surface area (Å²) in [4.78, 5) is 0. The van der Waals surface area contributed by atoms with Crippen LogP contribution < -0.4 is 0 Å². The van der Waals surface area contributed by atoms with Crippen LogP contribution in [0.4, 0.5) is 0 Å². The van der Waals surface area contributed by atoms with Crippen molar-refractivity contribution in [2.45, 2.75) is 17.6 Å². The molecule has 3 aromatic carbocycles. The molecule has 0 N–H and O–H groups in total. The van der Waals surface area contributed by atoms with Crippen molar-refractivity contribution in [2.24, 2.45) is 5.92 Å². The molecule has 27 heavy (non-hydrogen) atoms. The molecule has 3 aliphatic rings. The number of allylic oxidation sites excluding steroid dienone is 3. The Morgan fingerprint density at radius 1 is 0.741 bits per heavy atom. The van der Waals surface area contributed by atoms with Crippen LogP contribution in [0.25, 0.3) is 5.57 Å². The molecule has 0 radical (unpaired) electrons. The van der Waals surface area contributed by atoms with E-state index in [2.05, 4.69) is 103 Å². The standard InChI is InChI=1S/C26H20O/c1-3-11-19(12-4-1)25-23-17-9-7-15-21(23)22-16-8-10-18-24(22)26(25,27-25)20-13-5-2-6-14-20/h1-17,24H,18H2. The van der Waals surface area contributed by atoms with E-state index in [1.54, 1.807) is 0 Å². The molecule has 3 aromatic rings. The SMILES string of the molecule is C1=CCC2C(=C1)c1ccccc1C1(c3ccccc3)OC21c1ccccc1. The number of hydrogen-bond donors (Lipinski definition) is 0. The lowest BCUT2D eigenvalue weighted by molar-refractivity contribution is 0.244. The van der Waals surface area contributed by atoms with Gasteiger partial charge in [0.1, 0.15) is 5.60 Å². The average molecular weight is 348 g/mol. The van der Waals surface area contributed by atoms with Crippen LogP contribution >= 0.6 is 0 Å². The third-order valence-electron chi connectivity index (χ3n) is 6.45. The first-order chi connectivity index (χ1) is 13.4. The van der Waals surface area contributed by atoms with Crippen LogP contribution in [-0.4, -0.2) is 0 Å². The predicted molar refractivity (Wildman–Crippen MR) is 108 cm³/mol. The second-order valence-corrected chi connectivity index (χ2v) is 7.63. The van der Waals surface area contributed by atoms with E-state index >= 15 is 0 Å². The molecule has 1 fully saturated rings. The Morgan fingerprint density at radius 2 is 1.41 bits per heavy atom. The summed E-state index contributed by atoms with van der Waals surface area (Å²) in [5, 5.41) is 0. The van der Waals surface area contributed by atoms with Crippen molar-refractivity contribution >= 4 is 5.57 Å². The Kier molecular flexibility index (Phi) is 2.99. The van der Waals surface area contributed by atoms with Crippen molar-refractivity contribution in [3.63, 3.8) is 0 Å². The molecule has 0 saturated carbocycles. The lowest BCUT2D eigenvalue weighted by Crippen LogP contribution is -2.37. The largest absolute Gasteiger partial charge is 0.346 e. The molecule has 0 bridgehead atoms. The number of benzene rings is 3. The van der Waals surface area contributed by atoms with E-state index in [4.69, 9.17) is 4.74 Å². The van der Waals surface area contributed by atoms with Gasteiger partial charge in [0.25, 0.3) is 0 Å². The van der Waals surface area contributed by atoms with Gasteiger partial charge in [0.05, 0.1) is 0 Å². The molecule has 1 saturated heterocycles. The Balaban J connectivity index is 1.71. The Morgan fingerprint density at radius 3 is 2.19 bits per heavy atom. The first kappa shape index (κ1) is 15.2. The van der Waals surface area contributed by atoms with Crippen LogP contribution in [0.5, 0.6) is 0 Å². The molecular weight excluding hydrogens is 328 g/mol. The fraction of sp³-hybridized carbons (Fsp3) is 0.154. The topological polar surface area (TPSA) is 12.5 Å². The van der Waals surface area contributed by atoms with E-state index in [9.17, 15) is 0 Å². The van der Waals surface area contributed by atoms with Gasteiger partial charge < -0.3 is 4.74 Å². The molecule has 1 heteroatoms. The van der Waals surface area contributed by atoms with E-state index in [0.29, 0.717) is 5.92 Å². The van der Waals surface area contributed by atoms with E-state index in [0.717, 1.165) is 6.42 Å². The molecule has 0 aromatic heterocycles. The molecule has 1 aliphatic heterocycles. The van der Waals surface area contributed by atoms with Crippen molar-refractivity contribution in [3.8, 4) is 0 Å². The van der Waals surface area contributed by atoms with Crippen LogP contribution in [0.3, 0.4) is 0 Å². The molecule has 3 unspecified atom stereocenters. The fourth-order valence-corrected chi connectivity index (χ4v) is 5.37. The van der Waals surface area contributed by atoms with Crippen molar-refractivity contribution in [1.29, 1.82) is 0 Å². The number of hydrogen-bond acceptors (Lipinski definition) is 1. The van der Waals surface area contributed by atoms with Gasteiger partial charge in [-0.1, -0.05) is 103 Å². The maximum absolute atomic E-state index is 6.95. The van der Waals surface area contributed by atoms with Gasteiger partial charge >= 0.3 is 0 Å². The van der Waals surface area contributed by atoms with Crippen LogP contribution in [0.2, 0.25) is 0 Å². The molecule has 1 heterocycles. The Labute approximate surface area is 159 Å². The quantitative estimate of drug-likeness (QED) is 0.531. The van der Waals surface area contributed by atoms with Crippen LogP contribution in [-0.2, 0) is 15.9 Å². The molecule has 3 atom stereocenters. The first-order valence-electron chi connectivity index (χ1n) is 9.66. The number of fused-ring (bicyclic) bond motifs is 6. The summed E-state index contributed by atoms with van der Waals surface area (Å²) >= 11 is 0. The highest BCUT2D eigenvalue weighted by atomic mass is 16.6. The van der Waals surface area contributed by atoms with E-state index < -0.39 is 5.60 Å². The van der Waals surface area contributed by atoms with Crippen molar-refractivity contribution in [1.82, 2.24) is 0 Å². The Bertz CT molecular complexity index is 1080. The molecule has 1 nitrogen and oxygen atoms in total. The van der Waals surface area contributed by atoms with Gasteiger partial charge in [-0.2, -0.15) is 0 Å². The van der Waals surface area contributed by atoms with Gasteiger partial charge in [-0.05, 0) is 34.2 Å². The Hall–Kier alpha value is -2.90. The highest BCUT2D eigenvalue weighted by molar-refractivity contribution is 5.81. The second-order valence-electron chi connectivity index (χ2n) is 7.63. The zero-order valence-electron chi connectivity index (χ0n) is 15.0. The highest BCUT2D eigenvalue weighted by Crippen LogP contribution is 2.75. The zero-order chi connectivity index (χ0) is 17.9. The van der Waals surface area contributed by atoms with Gasteiger partial charge in [0.2, 0.25) is 0 Å². The molecule has 2 aliphatic carbocycles. The number of epoxide rings is 1. The molecule has 130 valence electrons. The third-order valence-corrected chi connectivity index (χ3v) is 6.45. The smallest absolute Gasteiger partial charge is 0.154 e. The summed E-state index contributed by atoms with van der Waals surface area (Å²) in [6, 6.07) is 30.4. The van der Waals surface area contributed by atoms with E-state index in [-0.39, 0.29) is 5.60 Å². The minimum Gasteiger partial charge on any atom is -0.346 e. The van der Waals surface area contributed by atoms with Crippen molar-refractivity contribution < 1.29 is 4.74 Å². The summed E-state index contributed by atoms with van der Waals surface area (Å²) in [6.07, 6.45) is 7.77. The predicted octanol–water partition coefficient (Wildman–Crippen LogP) is 5.83. The van der Waals surface area contributed by atoms with Gasteiger partial charge in [0, 0.05) is 5.92 Å². The molecular formula is C26H20O.